The first kappa shape index (κ1) is 17.5. The molecule has 0 spiro atoms. The van der Waals surface area contributed by atoms with Crippen LogP contribution in [0.4, 0.5) is 11.6 Å². The minimum Gasteiger partial charge on any atom is -0.350 e. The van der Waals surface area contributed by atoms with E-state index in [1.54, 1.807) is 29.6 Å². The maximum Gasteiger partial charge on any atom is 0.277 e. The van der Waals surface area contributed by atoms with Crippen LogP contribution >= 0.6 is 0 Å². The summed E-state index contributed by atoms with van der Waals surface area (Å²) in [5.74, 6) is 0.278. The third-order valence-corrected chi connectivity index (χ3v) is 3.95. The van der Waals surface area contributed by atoms with Crippen LogP contribution in [0.3, 0.4) is 0 Å². The Morgan fingerprint density at radius 3 is 2.65 bits per heavy atom. The molecule has 3 aromatic rings. The minimum absolute atomic E-state index is 0.146. The summed E-state index contributed by atoms with van der Waals surface area (Å²) in [5, 5.41) is 3.14. The van der Waals surface area contributed by atoms with Crippen LogP contribution in [0.25, 0.3) is 0 Å². The number of aryl methyl sites for hydroxylation is 1. The Morgan fingerprint density at radius 2 is 1.92 bits per heavy atom. The van der Waals surface area contributed by atoms with Gasteiger partial charge < -0.3 is 10.2 Å². The average Bonchev–Trinajstić information content (AvgIpc) is 2.68. The van der Waals surface area contributed by atoms with Gasteiger partial charge in [-0.1, -0.05) is 12.1 Å². The number of anilines is 2. The van der Waals surface area contributed by atoms with Crippen molar-refractivity contribution in [1.29, 1.82) is 0 Å². The molecule has 6 heteroatoms. The van der Waals surface area contributed by atoms with E-state index in [2.05, 4.69) is 20.3 Å². The molecular formula is C20H21N5O. The van der Waals surface area contributed by atoms with Crippen LogP contribution in [0.2, 0.25) is 0 Å². The molecule has 0 aliphatic heterocycles. The van der Waals surface area contributed by atoms with Gasteiger partial charge in [-0.05, 0) is 55.3 Å². The summed E-state index contributed by atoms with van der Waals surface area (Å²) in [7, 11) is 0. The smallest absolute Gasteiger partial charge is 0.277 e. The zero-order valence-corrected chi connectivity index (χ0v) is 14.9. The van der Waals surface area contributed by atoms with Gasteiger partial charge in [-0.15, -0.1) is 0 Å². The van der Waals surface area contributed by atoms with Crippen molar-refractivity contribution in [2.45, 2.75) is 20.4 Å². The Morgan fingerprint density at radius 1 is 1.12 bits per heavy atom. The van der Waals surface area contributed by atoms with Crippen molar-refractivity contribution in [1.82, 2.24) is 15.0 Å². The van der Waals surface area contributed by atoms with Gasteiger partial charge in [0.25, 0.3) is 5.91 Å². The molecule has 0 aliphatic carbocycles. The first-order valence-electron chi connectivity index (χ1n) is 8.51. The second kappa shape index (κ2) is 8.20. The molecule has 0 unspecified atom stereocenters. The van der Waals surface area contributed by atoms with Crippen molar-refractivity contribution in [3.8, 4) is 0 Å². The van der Waals surface area contributed by atoms with Gasteiger partial charge in [0.2, 0.25) is 5.95 Å². The standard InChI is InChI=1S/C20H21N5O/c1-3-25(17-6-4-5-15(2)13-17)19(26)18-9-12-22-20(24-18)23-14-16-7-10-21-11-8-16/h4-13H,3,14H2,1-2H3,(H,22,23,24). The van der Waals surface area contributed by atoms with E-state index in [0.717, 1.165) is 16.8 Å². The summed E-state index contributed by atoms with van der Waals surface area (Å²) >= 11 is 0. The van der Waals surface area contributed by atoms with E-state index >= 15 is 0 Å². The largest absolute Gasteiger partial charge is 0.350 e. The molecule has 0 saturated carbocycles. The lowest BCUT2D eigenvalue weighted by Crippen LogP contribution is -2.31. The van der Waals surface area contributed by atoms with Gasteiger partial charge in [0.1, 0.15) is 5.69 Å². The highest BCUT2D eigenvalue weighted by molar-refractivity contribution is 6.04. The molecule has 0 saturated heterocycles. The molecule has 3 rings (SSSR count). The van der Waals surface area contributed by atoms with Crippen LogP contribution in [-0.2, 0) is 6.54 Å². The molecule has 0 fully saturated rings. The number of carbonyl (C=O) groups is 1. The van der Waals surface area contributed by atoms with Crippen LogP contribution in [-0.4, -0.2) is 27.4 Å². The Hall–Kier alpha value is -3.28. The molecule has 0 radical (unpaired) electrons. The van der Waals surface area contributed by atoms with Crippen LogP contribution in [0, 0.1) is 6.92 Å². The number of nitrogens with one attached hydrogen (secondary N) is 1. The molecule has 132 valence electrons. The number of aromatic nitrogens is 3. The van der Waals surface area contributed by atoms with Crippen molar-refractivity contribution < 1.29 is 4.79 Å². The monoisotopic (exact) mass is 347 g/mol. The minimum atomic E-state index is -0.146. The van der Waals surface area contributed by atoms with Crippen molar-refractivity contribution >= 4 is 17.5 Å². The van der Waals surface area contributed by atoms with Crippen molar-refractivity contribution in [3.63, 3.8) is 0 Å². The van der Waals surface area contributed by atoms with E-state index in [1.807, 2.05) is 50.2 Å². The zero-order chi connectivity index (χ0) is 18.4. The molecule has 6 nitrogen and oxygen atoms in total. The fraction of sp³-hybridized carbons (Fsp3) is 0.200. The lowest BCUT2D eigenvalue weighted by molar-refractivity contribution is 0.0983. The lowest BCUT2D eigenvalue weighted by Gasteiger charge is -2.21. The first-order valence-corrected chi connectivity index (χ1v) is 8.51. The predicted octanol–water partition coefficient (Wildman–Crippen LogP) is 3.46. The topological polar surface area (TPSA) is 71.0 Å². The Balaban J connectivity index is 1.76. The predicted molar refractivity (Wildman–Crippen MR) is 102 cm³/mol. The maximum absolute atomic E-state index is 12.9. The summed E-state index contributed by atoms with van der Waals surface area (Å²) < 4.78 is 0. The Kier molecular flexibility index (Phi) is 5.53. The van der Waals surface area contributed by atoms with Gasteiger partial charge in [0, 0.05) is 37.4 Å². The SMILES string of the molecule is CCN(C(=O)c1ccnc(NCc2ccncc2)n1)c1cccc(C)c1. The molecule has 0 atom stereocenters. The van der Waals surface area contributed by atoms with E-state index in [9.17, 15) is 4.79 Å². The number of benzene rings is 1. The first-order chi connectivity index (χ1) is 12.7. The number of pyridine rings is 1. The van der Waals surface area contributed by atoms with Crippen molar-refractivity contribution in [3.05, 3.63) is 77.9 Å². The van der Waals surface area contributed by atoms with Crippen molar-refractivity contribution in [2.24, 2.45) is 0 Å². The normalized spacial score (nSPS) is 10.4. The van der Waals surface area contributed by atoms with Crippen LogP contribution in [0.5, 0.6) is 0 Å². The van der Waals surface area contributed by atoms with Gasteiger partial charge in [0.15, 0.2) is 0 Å². The van der Waals surface area contributed by atoms with Crippen LogP contribution in [0.1, 0.15) is 28.5 Å². The van der Waals surface area contributed by atoms with E-state index in [-0.39, 0.29) is 5.91 Å². The van der Waals surface area contributed by atoms with Gasteiger partial charge in [-0.25, -0.2) is 9.97 Å². The molecule has 1 N–H and O–H groups in total. The number of hydrogen-bond acceptors (Lipinski definition) is 5. The lowest BCUT2D eigenvalue weighted by atomic mass is 10.2. The maximum atomic E-state index is 12.9. The Labute approximate surface area is 153 Å². The molecule has 0 aliphatic rings. The van der Waals surface area contributed by atoms with E-state index in [1.165, 1.54) is 0 Å². The number of rotatable bonds is 6. The molecule has 0 bridgehead atoms. The number of amides is 1. The van der Waals surface area contributed by atoms with Gasteiger partial charge >= 0.3 is 0 Å². The summed E-state index contributed by atoms with van der Waals surface area (Å²) in [4.78, 5) is 27.2. The van der Waals surface area contributed by atoms with Gasteiger partial charge in [-0.3, -0.25) is 9.78 Å². The summed E-state index contributed by atoms with van der Waals surface area (Å²) in [6.45, 7) is 5.08. The highest BCUT2D eigenvalue weighted by atomic mass is 16.2. The van der Waals surface area contributed by atoms with E-state index in [4.69, 9.17) is 0 Å². The molecule has 1 aromatic carbocycles. The quantitative estimate of drug-likeness (QED) is 0.739. The Bertz CT molecular complexity index is 882. The zero-order valence-electron chi connectivity index (χ0n) is 14.9. The van der Waals surface area contributed by atoms with E-state index in [0.29, 0.717) is 24.7 Å². The fourth-order valence-electron chi connectivity index (χ4n) is 2.62. The number of nitrogens with zero attached hydrogens (tertiary/aromatic N) is 4. The van der Waals surface area contributed by atoms with E-state index < -0.39 is 0 Å². The average molecular weight is 347 g/mol. The molecule has 2 heterocycles. The number of hydrogen-bond donors (Lipinski definition) is 1. The summed E-state index contributed by atoms with van der Waals surface area (Å²) in [6, 6.07) is 13.3. The second-order valence-corrected chi connectivity index (χ2v) is 5.86. The van der Waals surface area contributed by atoms with Gasteiger partial charge in [0.05, 0.1) is 0 Å². The molecule has 1 amide bonds. The molecular weight excluding hydrogens is 326 g/mol. The highest BCUT2D eigenvalue weighted by Gasteiger charge is 2.18. The van der Waals surface area contributed by atoms with Crippen LogP contribution in [0.15, 0.2) is 61.1 Å². The third-order valence-electron chi connectivity index (χ3n) is 3.95. The number of carbonyl (C=O) groups excluding carboxylic acids is 1. The fourth-order valence-corrected chi connectivity index (χ4v) is 2.62. The molecule has 26 heavy (non-hydrogen) atoms. The molecule has 2 aromatic heterocycles. The highest BCUT2D eigenvalue weighted by Crippen LogP contribution is 2.18. The summed E-state index contributed by atoms with van der Waals surface area (Å²) in [5.41, 5.74) is 3.40. The summed E-state index contributed by atoms with van der Waals surface area (Å²) in [6.07, 6.45) is 5.07. The van der Waals surface area contributed by atoms with Crippen molar-refractivity contribution in [2.75, 3.05) is 16.8 Å². The van der Waals surface area contributed by atoms with Crippen LogP contribution < -0.4 is 10.2 Å². The second-order valence-electron chi connectivity index (χ2n) is 5.86. The third kappa shape index (κ3) is 4.22. The van der Waals surface area contributed by atoms with Gasteiger partial charge in [-0.2, -0.15) is 0 Å².